The van der Waals surface area contributed by atoms with E-state index in [0.29, 0.717) is 27.0 Å². The number of hydrogen-bond acceptors (Lipinski definition) is 4. The topological polar surface area (TPSA) is 61.4 Å². The number of nitrogens with zero attached hydrogens (tertiary/aromatic N) is 4. The van der Waals surface area contributed by atoms with E-state index in [1.165, 1.54) is 12.4 Å². The molecule has 6 nitrogen and oxygen atoms in total. The molecule has 0 aliphatic heterocycles. The van der Waals surface area contributed by atoms with Crippen molar-refractivity contribution in [2.24, 2.45) is 12.2 Å². The van der Waals surface area contributed by atoms with Gasteiger partial charge in [-0.1, -0.05) is 34.4 Å². The Hall–Kier alpha value is -2.57. The highest BCUT2D eigenvalue weighted by Gasteiger charge is 2.18. The van der Waals surface area contributed by atoms with Gasteiger partial charge in [0.2, 0.25) is 0 Å². The Morgan fingerprint density at radius 1 is 1.29 bits per heavy atom. The molecule has 0 saturated carbocycles. The van der Waals surface area contributed by atoms with Crippen LogP contribution in [0.1, 0.15) is 15.9 Å². The summed E-state index contributed by atoms with van der Waals surface area (Å²) in [6.45, 7) is 0. The van der Waals surface area contributed by atoms with Crippen molar-refractivity contribution in [3.8, 4) is 5.82 Å². The quantitative estimate of drug-likeness (QED) is 0.403. The lowest BCUT2D eigenvalue weighted by Crippen LogP contribution is -2.08. The number of oxime groups is 1. The smallest absolute Gasteiger partial charge is 0.313 e. The van der Waals surface area contributed by atoms with Crippen LogP contribution >= 0.6 is 23.2 Å². The summed E-state index contributed by atoms with van der Waals surface area (Å²) in [4.78, 5) is 17.2. The van der Waals surface area contributed by atoms with Crippen molar-refractivity contribution >= 4 is 35.4 Å². The van der Waals surface area contributed by atoms with E-state index in [4.69, 9.17) is 28.0 Å². The highest BCUT2D eigenvalue weighted by Crippen LogP contribution is 2.20. The maximum atomic E-state index is 12.2. The summed E-state index contributed by atoms with van der Waals surface area (Å²) in [6, 6.07) is 8.63. The molecule has 2 aromatic heterocycles. The third kappa shape index (κ3) is 3.34. The fourth-order valence-corrected chi connectivity index (χ4v) is 2.60. The molecule has 0 aliphatic rings. The van der Waals surface area contributed by atoms with Crippen molar-refractivity contribution in [3.63, 3.8) is 0 Å². The molecule has 24 heavy (non-hydrogen) atoms. The highest BCUT2D eigenvalue weighted by atomic mass is 35.5. The minimum Gasteiger partial charge on any atom is -0.313 e. The molecule has 2 heterocycles. The van der Waals surface area contributed by atoms with E-state index in [-0.39, 0.29) is 0 Å². The Labute approximate surface area is 147 Å². The third-order valence-corrected chi connectivity index (χ3v) is 3.83. The zero-order valence-corrected chi connectivity index (χ0v) is 14.1. The van der Waals surface area contributed by atoms with Gasteiger partial charge in [-0.3, -0.25) is 4.68 Å². The van der Waals surface area contributed by atoms with Gasteiger partial charge in [-0.05, 0) is 24.3 Å². The first-order valence-corrected chi connectivity index (χ1v) is 7.67. The fourth-order valence-electron chi connectivity index (χ4n) is 2.14. The molecule has 0 saturated heterocycles. The van der Waals surface area contributed by atoms with Gasteiger partial charge in [0.15, 0.2) is 0 Å². The number of carbonyl (C=O) groups excluding carboxylic acids is 1. The molecule has 0 atom stereocenters. The molecule has 8 heteroatoms. The van der Waals surface area contributed by atoms with Crippen molar-refractivity contribution in [2.75, 3.05) is 0 Å². The highest BCUT2D eigenvalue weighted by molar-refractivity contribution is 6.36. The van der Waals surface area contributed by atoms with Crippen LogP contribution in [0.5, 0.6) is 0 Å². The number of aromatic nitrogens is 3. The zero-order valence-electron chi connectivity index (χ0n) is 12.6. The van der Waals surface area contributed by atoms with E-state index in [0.717, 1.165) is 0 Å². The largest absolute Gasteiger partial charge is 0.371 e. The first-order valence-electron chi connectivity index (χ1n) is 6.91. The number of hydrogen-bond donors (Lipinski definition) is 0. The molecule has 0 amide bonds. The Morgan fingerprint density at radius 2 is 2.04 bits per heavy atom. The van der Waals surface area contributed by atoms with Gasteiger partial charge in [0.25, 0.3) is 0 Å². The molecule has 3 rings (SSSR count). The summed E-state index contributed by atoms with van der Waals surface area (Å²) >= 11 is 11.8. The van der Waals surface area contributed by atoms with E-state index in [1.807, 2.05) is 24.5 Å². The van der Waals surface area contributed by atoms with Crippen molar-refractivity contribution in [1.29, 1.82) is 0 Å². The summed E-state index contributed by atoms with van der Waals surface area (Å²) < 4.78 is 3.35. The van der Waals surface area contributed by atoms with Gasteiger partial charge in [0, 0.05) is 30.0 Å². The van der Waals surface area contributed by atoms with E-state index in [1.54, 1.807) is 34.5 Å². The Balaban J connectivity index is 1.78. The van der Waals surface area contributed by atoms with Crippen LogP contribution in [0.4, 0.5) is 0 Å². The summed E-state index contributed by atoms with van der Waals surface area (Å²) in [5.41, 5.74) is 0.888. The van der Waals surface area contributed by atoms with E-state index >= 15 is 0 Å². The molecule has 122 valence electrons. The van der Waals surface area contributed by atoms with Crippen molar-refractivity contribution in [1.82, 2.24) is 14.3 Å². The lowest BCUT2D eigenvalue weighted by Gasteiger charge is -2.05. The van der Waals surface area contributed by atoms with Crippen molar-refractivity contribution in [2.45, 2.75) is 0 Å². The molecule has 0 fully saturated rings. The Bertz CT molecular complexity index is 901. The molecule has 0 spiro atoms. The van der Waals surface area contributed by atoms with E-state index in [9.17, 15) is 4.79 Å². The summed E-state index contributed by atoms with van der Waals surface area (Å²) in [6.07, 6.45) is 6.40. The number of benzene rings is 1. The molecular formula is C16H12Cl2N4O2. The normalized spacial score (nSPS) is 11.1. The van der Waals surface area contributed by atoms with Crippen LogP contribution in [-0.2, 0) is 11.9 Å². The monoisotopic (exact) mass is 362 g/mol. The third-order valence-electron chi connectivity index (χ3n) is 3.27. The lowest BCUT2D eigenvalue weighted by molar-refractivity contribution is 0.0519. The number of carbonyl (C=O) groups is 1. The lowest BCUT2D eigenvalue weighted by atomic mass is 10.2. The van der Waals surface area contributed by atoms with Gasteiger partial charge in [-0.15, -0.1) is 0 Å². The maximum Gasteiger partial charge on any atom is 0.371 e. The number of rotatable bonds is 4. The van der Waals surface area contributed by atoms with Crippen LogP contribution in [0.3, 0.4) is 0 Å². The van der Waals surface area contributed by atoms with Crippen LogP contribution < -0.4 is 0 Å². The molecule has 0 unspecified atom stereocenters. The standard InChI is InChI=1S/C16H12Cl2N4O2/c1-21-15(22-6-2-3-7-22)13(10-19-21)16(23)24-20-9-11-4-5-12(17)8-14(11)18/h2-10H,1H3/b20-9+. The van der Waals surface area contributed by atoms with Gasteiger partial charge >= 0.3 is 5.97 Å². The molecule has 3 aromatic rings. The first-order chi connectivity index (χ1) is 11.6. The van der Waals surface area contributed by atoms with Crippen LogP contribution in [0.25, 0.3) is 5.82 Å². The molecule has 0 N–H and O–H groups in total. The predicted octanol–water partition coefficient (Wildman–Crippen LogP) is 3.71. The van der Waals surface area contributed by atoms with Gasteiger partial charge in [-0.25, -0.2) is 4.79 Å². The summed E-state index contributed by atoms with van der Waals surface area (Å²) in [5, 5.41) is 8.71. The predicted molar refractivity (Wildman–Crippen MR) is 92.0 cm³/mol. The van der Waals surface area contributed by atoms with Crippen LogP contribution in [-0.4, -0.2) is 26.5 Å². The van der Waals surface area contributed by atoms with E-state index < -0.39 is 5.97 Å². The molecule has 0 radical (unpaired) electrons. The second-order valence-corrected chi connectivity index (χ2v) is 5.72. The average molecular weight is 363 g/mol. The Morgan fingerprint density at radius 3 is 2.75 bits per heavy atom. The zero-order chi connectivity index (χ0) is 17.1. The van der Waals surface area contributed by atoms with Crippen LogP contribution in [0.2, 0.25) is 10.0 Å². The van der Waals surface area contributed by atoms with Gasteiger partial charge in [-0.2, -0.15) is 5.10 Å². The maximum absolute atomic E-state index is 12.2. The van der Waals surface area contributed by atoms with Gasteiger partial charge < -0.3 is 9.40 Å². The minimum absolute atomic E-state index is 0.299. The van der Waals surface area contributed by atoms with Crippen molar-refractivity contribution < 1.29 is 9.63 Å². The second-order valence-electron chi connectivity index (χ2n) is 4.87. The van der Waals surface area contributed by atoms with Crippen LogP contribution in [0, 0.1) is 0 Å². The molecule has 1 aromatic carbocycles. The number of halogens is 2. The summed E-state index contributed by atoms with van der Waals surface area (Å²) in [7, 11) is 1.74. The fraction of sp³-hybridized carbons (Fsp3) is 0.0625. The van der Waals surface area contributed by atoms with E-state index in [2.05, 4.69) is 10.3 Å². The molecule has 0 bridgehead atoms. The first kappa shape index (κ1) is 16.3. The van der Waals surface area contributed by atoms with Crippen LogP contribution in [0.15, 0.2) is 54.1 Å². The van der Waals surface area contributed by atoms with Gasteiger partial charge in [0.1, 0.15) is 11.4 Å². The Kier molecular flexibility index (Phi) is 4.69. The van der Waals surface area contributed by atoms with Gasteiger partial charge in [0.05, 0.1) is 17.4 Å². The van der Waals surface area contributed by atoms with Crippen molar-refractivity contribution in [3.05, 3.63) is 70.1 Å². The number of aryl methyl sites for hydroxylation is 1. The summed E-state index contributed by atoms with van der Waals surface area (Å²) in [5.74, 6) is -0.0298. The second kappa shape index (κ2) is 6.90. The average Bonchev–Trinajstić information content (AvgIpc) is 3.18. The molecule has 0 aliphatic carbocycles. The minimum atomic E-state index is -0.617. The molecular weight excluding hydrogens is 351 g/mol. The SMILES string of the molecule is Cn1ncc(C(=O)O/N=C/c2ccc(Cl)cc2Cl)c1-n1cccc1.